The quantitative estimate of drug-likeness (QED) is 0.414. The van der Waals surface area contributed by atoms with Gasteiger partial charge in [0.25, 0.3) is 0 Å². The zero-order valence-corrected chi connectivity index (χ0v) is 13.1. The lowest BCUT2D eigenvalue weighted by Gasteiger charge is -1.86. The molecule has 0 fully saturated rings. The third-order valence-electron chi connectivity index (χ3n) is 2.37. The average Bonchev–Trinajstić information content (AvgIpc) is 2.30. The molecule has 102 valence electrons. The molecule has 0 radical (unpaired) electrons. The van der Waals surface area contributed by atoms with Crippen molar-refractivity contribution in [3.8, 4) is 0 Å². The van der Waals surface area contributed by atoms with Crippen molar-refractivity contribution in [2.24, 2.45) is 0 Å². The van der Waals surface area contributed by atoms with Crippen molar-refractivity contribution in [1.29, 1.82) is 0 Å². The van der Waals surface area contributed by atoms with Crippen molar-refractivity contribution in [2.45, 2.75) is 106 Å². The molecule has 0 aromatic rings. The first kappa shape index (κ1) is 21.3. The van der Waals surface area contributed by atoms with Gasteiger partial charge in [0.15, 0.2) is 0 Å². The third-order valence-corrected chi connectivity index (χ3v) is 2.37. The van der Waals surface area contributed by atoms with Crippen molar-refractivity contribution >= 4 is 0 Å². The van der Waals surface area contributed by atoms with Crippen LogP contribution in [0.25, 0.3) is 0 Å². The van der Waals surface area contributed by atoms with Crippen LogP contribution in [0.2, 0.25) is 0 Å². The molecule has 16 heavy (non-hydrogen) atoms. The Labute approximate surface area is 106 Å². The van der Waals surface area contributed by atoms with Gasteiger partial charge in [-0.1, -0.05) is 106 Å². The topological polar surface area (TPSA) is 0 Å². The van der Waals surface area contributed by atoms with E-state index in [0.29, 0.717) is 0 Å². The fourth-order valence-electron chi connectivity index (χ4n) is 1.21. The fraction of sp³-hybridized carbons (Fsp3) is 1.00. The second kappa shape index (κ2) is 29.4. The second-order valence-electron chi connectivity index (χ2n) is 4.41. The Hall–Kier alpha value is 0. The lowest BCUT2D eigenvalue weighted by Crippen LogP contribution is -1.66. The molecule has 0 unspecified atom stereocenters. The van der Waals surface area contributed by atoms with Crippen LogP contribution in [0.1, 0.15) is 106 Å². The van der Waals surface area contributed by atoms with Crippen LogP contribution in [0.15, 0.2) is 0 Å². The van der Waals surface area contributed by atoms with E-state index in [0.717, 1.165) is 0 Å². The van der Waals surface area contributed by atoms with Crippen LogP contribution in [0.4, 0.5) is 0 Å². The van der Waals surface area contributed by atoms with Crippen LogP contribution in [0.3, 0.4) is 0 Å². The summed E-state index contributed by atoms with van der Waals surface area (Å²) in [6.45, 7) is 13.3. The molecule has 0 aliphatic rings. The summed E-state index contributed by atoms with van der Waals surface area (Å²) >= 11 is 0. The highest BCUT2D eigenvalue weighted by atomic mass is 13.8. The molecule has 0 aromatic carbocycles. The van der Waals surface area contributed by atoms with Crippen LogP contribution in [0.5, 0.6) is 0 Å². The highest BCUT2D eigenvalue weighted by Crippen LogP contribution is 1.95. The van der Waals surface area contributed by atoms with Gasteiger partial charge in [-0.3, -0.25) is 0 Å². The molecule has 0 atom stereocenters. The average molecular weight is 230 g/mol. The zero-order valence-electron chi connectivity index (χ0n) is 13.1. The minimum Gasteiger partial charge on any atom is -0.0654 e. The Bertz CT molecular complexity index is 52.4. The molecule has 0 saturated carbocycles. The predicted molar refractivity (Wildman–Crippen MR) is 80.2 cm³/mol. The van der Waals surface area contributed by atoms with Gasteiger partial charge < -0.3 is 0 Å². The smallest absolute Gasteiger partial charge is 0.0536 e. The third kappa shape index (κ3) is 48.3. The lowest BCUT2D eigenvalue weighted by atomic mass is 10.2. The highest BCUT2D eigenvalue weighted by molar-refractivity contribution is 4.31. The van der Waals surface area contributed by atoms with Crippen LogP contribution in [-0.4, -0.2) is 0 Å². The Morgan fingerprint density at radius 3 is 0.562 bits per heavy atom. The summed E-state index contributed by atoms with van der Waals surface area (Å²) in [5.74, 6) is 0. The van der Waals surface area contributed by atoms with Gasteiger partial charge in [0.05, 0.1) is 0 Å². The molecule has 0 aliphatic heterocycles. The van der Waals surface area contributed by atoms with E-state index in [-0.39, 0.29) is 0 Å². The molecule has 0 amide bonds. The van der Waals surface area contributed by atoms with Gasteiger partial charge in [-0.15, -0.1) is 0 Å². The summed E-state index contributed by atoms with van der Waals surface area (Å²) in [5.41, 5.74) is 0. The Balaban J connectivity index is -0.000000160. The Kier molecular flexibility index (Phi) is 39.1. The summed E-state index contributed by atoms with van der Waals surface area (Å²) in [6, 6.07) is 0. The molecule has 0 spiro atoms. The summed E-state index contributed by atoms with van der Waals surface area (Å²) in [7, 11) is 0. The minimum absolute atomic E-state index is 1.34. The van der Waals surface area contributed by atoms with E-state index in [4.69, 9.17) is 0 Å². The molecule has 0 aliphatic carbocycles. The summed E-state index contributed by atoms with van der Waals surface area (Å²) in [4.78, 5) is 0. The van der Waals surface area contributed by atoms with E-state index in [1.807, 2.05) is 0 Å². The van der Waals surface area contributed by atoms with E-state index < -0.39 is 0 Å². The maximum atomic E-state index is 2.23. The molecule has 0 heteroatoms. The van der Waals surface area contributed by atoms with Crippen LogP contribution in [0, 0.1) is 0 Å². The zero-order chi connectivity index (χ0) is 13.1. The molecule has 0 rings (SSSR count). The standard InChI is InChI=1S/C6H14.2C5H12/c1-3-5-6-4-2;2*1-3-5-4-2/h3-6H2,1-2H3;2*3-5H2,1-2H3. The van der Waals surface area contributed by atoms with Gasteiger partial charge in [-0.2, -0.15) is 0 Å². The number of hydrogen-bond donors (Lipinski definition) is 0. The van der Waals surface area contributed by atoms with Gasteiger partial charge in [0.2, 0.25) is 0 Å². The summed E-state index contributed by atoms with van der Waals surface area (Å²) in [6.07, 6.45) is 13.7. The number of unbranched alkanes of at least 4 members (excludes halogenated alkanes) is 7. The monoisotopic (exact) mass is 230 g/mol. The van der Waals surface area contributed by atoms with E-state index >= 15 is 0 Å². The van der Waals surface area contributed by atoms with E-state index in [2.05, 4.69) is 41.5 Å². The molecule has 0 nitrogen and oxygen atoms in total. The first-order chi connectivity index (χ1) is 7.74. The van der Waals surface area contributed by atoms with Crippen LogP contribution >= 0.6 is 0 Å². The Morgan fingerprint density at radius 1 is 0.312 bits per heavy atom. The first-order valence-electron chi connectivity index (χ1n) is 7.74. The number of hydrogen-bond acceptors (Lipinski definition) is 0. The molecule has 0 N–H and O–H groups in total. The fourth-order valence-corrected chi connectivity index (χ4v) is 1.21. The van der Waals surface area contributed by atoms with E-state index in [9.17, 15) is 0 Å². The molecular weight excluding hydrogens is 192 g/mol. The Morgan fingerprint density at radius 2 is 0.500 bits per heavy atom. The van der Waals surface area contributed by atoms with Gasteiger partial charge in [0, 0.05) is 0 Å². The molecule has 0 saturated heterocycles. The molecule has 0 aromatic heterocycles. The van der Waals surface area contributed by atoms with Gasteiger partial charge >= 0.3 is 0 Å². The van der Waals surface area contributed by atoms with Crippen molar-refractivity contribution in [2.75, 3.05) is 0 Å². The number of rotatable bonds is 7. The van der Waals surface area contributed by atoms with Crippen LogP contribution in [-0.2, 0) is 0 Å². The minimum atomic E-state index is 1.34. The molecule has 0 heterocycles. The predicted octanol–water partition coefficient (Wildman–Crippen LogP) is 6.98. The van der Waals surface area contributed by atoms with Gasteiger partial charge in [0.1, 0.15) is 0 Å². The van der Waals surface area contributed by atoms with Crippen molar-refractivity contribution in [3.63, 3.8) is 0 Å². The first-order valence-corrected chi connectivity index (χ1v) is 7.74. The molecular formula is C16H38. The largest absolute Gasteiger partial charge is 0.0654 e. The van der Waals surface area contributed by atoms with Crippen molar-refractivity contribution in [1.82, 2.24) is 0 Å². The van der Waals surface area contributed by atoms with E-state index in [1.54, 1.807) is 0 Å². The maximum Gasteiger partial charge on any atom is -0.0536 e. The van der Waals surface area contributed by atoms with Gasteiger partial charge in [-0.05, 0) is 0 Å². The van der Waals surface area contributed by atoms with Crippen molar-refractivity contribution < 1.29 is 0 Å². The summed E-state index contributed by atoms with van der Waals surface area (Å²) < 4.78 is 0. The summed E-state index contributed by atoms with van der Waals surface area (Å²) in [5, 5.41) is 0. The van der Waals surface area contributed by atoms with Crippen LogP contribution < -0.4 is 0 Å². The SMILES string of the molecule is CCCCC.CCCCC.CCCCCC. The van der Waals surface area contributed by atoms with Gasteiger partial charge in [-0.25, -0.2) is 0 Å². The maximum absolute atomic E-state index is 2.23. The van der Waals surface area contributed by atoms with E-state index in [1.165, 1.54) is 64.2 Å². The lowest BCUT2D eigenvalue weighted by molar-refractivity contribution is 0.702. The highest BCUT2D eigenvalue weighted by Gasteiger charge is 1.75. The molecule has 0 bridgehead atoms. The second-order valence-corrected chi connectivity index (χ2v) is 4.41. The normalized spacial score (nSPS) is 8.62. The van der Waals surface area contributed by atoms with Crippen molar-refractivity contribution in [3.05, 3.63) is 0 Å².